The summed E-state index contributed by atoms with van der Waals surface area (Å²) in [5.74, 6) is 1.88. The first kappa shape index (κ1) is 13.8. The molecule has 0 aliphatic carbocycles. The summed E-state index contributed by atoms with van der Waals surface area (Å²) in [6.07, 6.45) is 1.26. The van der Waals surface area contributed by atoms with Gasteiger partial charge in [0.25, 0.3) is 0 Å². The number of hydrogen-bond acceptors (Lipinski definition) is 3. The Kier molecular flexibility index (Phi) is 5.84. The number of carbonyl (C=O) groups is 1. The van der Waals surface area contributed by atoms with Gasteiger partial charge < -0.3 is 9.47 Å². The van der Waals surface area contributed by atoms with E-state index >= 15 is 0 Å². The zero-order valence-electron chi connectivity index (χ0n) is 10.2. The van der Waals surface area contributed by atoms with Gasteiger partial charge >= 0.3 is 0 Å². The van der Waals surface area contributed by atoms with Crippen molar-refractivity contribution in [3.8, 4) is 11.5 Å². The lowest BCUT2D eigenvalue weighted by atomic mass is 10.1. The average Bonchev–Trinajstić information content (AvgIpc) is 2.38. The molecule has 0 radical (unpaired) electrons. The van der Waals surface area contributed by atoms with E-state index in [1.165, 1.54) is 0 Å². The third-order valence-electron chi connectivity index (χ3n) is 2.34. The molecule has 1 rings (SSSR count). The highest BCUT2D eigenvalue weighted by atomic mass is 35.5. The summed E-state index contributed by atoms with van der Waals surface area (Å²) in [4.78, 5) is 11.5. The molecule has 0 heterocycles. The van der Waals surface area contributed by atoms with Gasteiger partial charge in [-0.3, -0.25) is 4.79 Å². The van der Waals surface area contributed by atoms with Crippen LogP contribution in [0.3, 0.4) is 0 Å². The number of halogens is 1. The van der Waals surface area contributed by atoms with Crippen LogP contribution in [0.25, 0.3) is 0 Å². The maximum Gasteiger partial charge on any atom is 0.162 e. The second-order valence-corrected chi connectivity index (χ2v) is 3.91. The zero-order chi connectivity index (χ0) is 12.7. The third-order valence-corrected chi connectivity index (χ3v) is 2.61. The third kappa shape index (κ3) is 3.93. The van der Waals surface area contributed by atoms with Gasteiger partial charge in [-0.1, -0.05) is 6.92 Å². The number of methoxy groups -OCH3 is 1. The van der Waals surface area contributed by atoms with Crippen molar-refractivity contribution in [1.29, 1.82) is 0 Å². The number of hydrogen-bond donors (Lipinski definition) is 0. The molecule has 0 bridgehead atoms. The van der Waals surface area contributed by atoms with Crippen molar-refractivity contribution in [2.45, 2.75) is 19.8 Å². The van der Waals surface area contributed by atoms with Gasteiger partial charge in [0.05, 0.1) is 13.7 Å². The first-order valence-corrected chi connectivity index (χ1v) is 6.16. The summed E-state index contributed by atoms with van der Waals surface area (Å²) >= 11 is 5.57. The summed E-state index contributed by atoms with van der Waals surface area (Å²) in [6.45, 7) is 2.38. The normalized spacial score (nSPS) is 10.1. The van der Waals surface area contributed by atoms with Gasteiger partial charge in [-0.25, -0.2) is 0 Å². The van der Waals surface area contributed by atoms with Crippen molar-refractivity contribution in [2.24, 2.45) is 0 Å². The fourth-order valence-corrected chi connectivity index (χ4v) is 1.51. The number of alkyl halides is 1. The van der Waals surface area contributed by atoms with E-state index in [4.69, 9.17) is 21.1 Å². The molecule has 0 aliphatic heterocycles. The molecule has 0 aliphatic rings. The maximum atomic E-state index is 11.5. The maximum absolute atomic E-state index is 11.5. The minimum atomic E-state index is 0.0932. The smallest absolute Gasteiger partial charge is 0.162 e. The Balaban J connectivity index is 2.81. The van der Waals surface area contributed by atoms with Gasteiger partial charge in [-0.15, -0.1) is 11.6 Å². The van der Waals surface area contributed by atoms with Gasteiger partial charge in [0, 0.05) is 17.9 Å². The van der Waals surface area contributed by atoms with E-state index < -0.39 is 0 Å². The van der Waals surface area contributed by atoms with Crippen LogP contribution in [-0.2, 0) is 0 Å². The molecule has 0 atom stereocenters. The predicted molar refractivity (Wildman–Crippen MR) is 68.4 cm³/mol. The Morgan fingerprint density at radius 1 is 1.35 bits per heavy atom. The number of ketones is 1. The fourth-order valence-electron chi connectivity index (χ4n) is 1.40. The molecule has 0 unspecified atom stereocenters. The molecular weight excluding hydrogens is 240 g/mol. The lowest BCUT2D eigenvalue weighted by molar-refractivity contribution is 0.0987. The monoisotopic (exact) mass is 256 g/mol. The Hall–Kier alpha value is -1.22. The minimum Gasteiger partial charge on any atom is -0.493 e. The quantitative estimate of drug-likeness (QED) is 0.427. The van der Waals surface area contributed by atoms with Crippen molar-refractivity contribution in [1.82, 2.24) is 0 Å². The Labute approximate surface area is 107 Å². The lowest BCUT2D eigenvalue weighted by Crippen LogP contribution is -2.02. The lowest BCUT2D eigenvalue weighted by Gasteiger charge is -2.11. The SMILES string of the molecule is CCC(=O)c1ccc(OCCCCl)c(OC)c1. The topological polar surface area (TPSA) is 35.5 Å². The Bertz CT molecular complexity index is 377. The fraction of sp³-hybridized carbons (Fsp3) is 0.462. The van der Waals surface area contributed by atoms with Crippen LogP contribution in [0.2, 0.25) is 0 Å². The van der Waals surface area contributed by atoms with Crippen molar-refractivity contribution in [3.63, 3.8) is 0 Å². The van der Waals surface area contributed by atoms with Crippen molar-refractivity contribution < 1.29 is 14.3 Å². The molecule has 3 nitrogen and oxygen atoms in total. The van der Waals surface area contributed by atoms with Crippen molar-refractivity contribution in [2.75, 3.05) is 19.6 Å². The van der Waals surface area contributed by atoms with Gasteiger partial charge in [0.15, 0.2) is 17.3 Å². The molecule has 0 aromatic heterocycles. The van der Waals surface area contributed by atoms with Crippen molar-refractivity contribution >= 4 is 17.4 Å². The highest BCUT2D eigenvalue weighted by Crippen LogP contribution is 2.28. The second kappa shape index (κ2) is 7.17. The van der Waals surface area contributed by atoms with E-state index in [1.54, 1.807) is 25.3 Å². The zero-order valence-corrected chi connectivity index (χ0v) is 10.9. The van der Waals surface area contributed by atoms with E-state index in [0.717, 1.165) is 6.42 Å². The first-order chi connectivity index (χ1) is 8.22. The van der Waals surface area contributed by atoms with Gasteiger partial charge in [0.2, 0.25) is 0 Å². The molecule has 94 valence electrons. The average molecular weight is 257 g/mol. The molecule has 0 saturated heterocycles. The van der Waals surface area contributed by atoms with E-state index in [0.29, 0.717) is 36.0 Å². The van der Waals surface area contributed by atoms with Crippen LogP contribution >= 0.6 is 11.6 Å². The van der Waals surface area contributed by atoms with Crippen LogP contribution in [0.4, 0.5) is 0 Å². The Morgan fingerprint density at radius 2 is 2.12 bits per heavy atom. The number of Topliss-reactive ketones (excluding diaryl/α,β-unsaturated/α-hetero) is 1. The highest BCUT2D eigenvalue weighted by Gasteiger charge is 2.09. The molecule has 0 saturated carbocycles. The number of carbonyl (C=O) groups excluding carboxylic acids is 1. The number of rotatable bonds is 7. The molecule has 0 N–H and O–H groups in total. The van der Waals surface area contributed by atoms with Crippen molar-refractivity contribution in [3.05, 3.63) is 23.8 Å². The van der Waals surface area contributed by atoms with E-state index in [2.05, 4.69) is 0 Å². The van der Waals surface area contributed by atoms with E-state index in [1.807, 2.05) is 6.92 Å². The molecule has 0 amide bonds. The summed E-state index contributed by atoms with van der Waals surface area (Å²) < 4.78 is 10.7. The van der Waals surface area contributed by atoms with Crippen LogP contribution in [0.15, 0.2) is 18.2 Å². The number of benzene rings is 1. The van der Waals surface area contributed by atoms with Crippen LogP contribution in [-0.4, -0.2) is 25.4 Å². The van der Waals surface area contributed by atoms with Gasteiger partial charge in [-0.2, -0.15) is 0 Å². The molecule has 1 aromatic carbocycles. The number of ether oxygens (including phenoxy) is 2. The molecule has 1 aromatic rings. The molecular formula is C13H17ClO3. The largest absolute Gasteiger partial charge is 0.493 e. The predicted octanol–water partition coefficient (Wildman–Crippen LogP) is 3.30. The summed E-state index contributed by atoms with van der Waals surface area (Å²) in [7, 11) is 1.56. The van der Waals surface area contributed by atoms with Crippen LogP contribution in [0.1, 0.15) is 30.1 Å². The summed E-state index contributed by atoms with van der Waals surface area (Å²) in [5.41, 5.74) is 0.647. The minimum absolute atomic E-state index is 0.0932. The molecule has 4 heteroatoms. The molecule has 17 heavy (non-hydrogen) atoms. The van der Waals surface area contributed by atoms with Gasteiger partial charge in [0.1, 0.15) is 0 Å². The molecule has 0 fully saturated rings. The summed E-state index contributed by atoms with van der Waals surface area (Å²) in [5, 5.41) is 0. The van der Waals surface area contributed by atoms with Crippen LogP contribution in [0, 0.1) is 0 Å². The van der Waals surface area contributed by atoms with E-state index in [9.17, 15) is 4.79 Å². The van der Waals surface area contributed by atoms with Gasteiger partial charge in [-0.05, 0) is 24.6 Å². The summed E-state index contributed by atoms with van der Waals surface area (Å²) in [6, 6.07) is 5.22. The van der Waals surface area contributed by atoms with Crippen LogP contribution < -0.4 is 9.47 Å². The standard InChI is InChI=1S/C13H17ClO3/c1-3-11(15)10-5-6-12(13(9-10)16-2)17-8-4-7-14/h5-6,9H,3-4,7-8H2,1-2H3. The Morgan fingerprint density at radius 3 is 2.71 bits per heavy atom. The van der Waals surface area contributed by atoms with E-state index in [-0.39, 0.29) is 5.78 Å². The second-order valence-electron chi connectivity index (χ2n) is 3.53. The first-order valence-electron chi connectivity index (χ1n) is 5.63. The molecule has 0 spiro atoms. The van der Waals surface area contributed by atoms with Crippen LogP contribution in [0.5, 0.6) is 11.5 Å². The highest BCUT2D eigenvalue weighted by molar-refractivity contribution is 6.17.